The Balaban J connectivity index is 1.53. The molecule has 4 heterocycles. The predicted molar refractivity (Wildman–Crippen MR) is 104 cm³/mol. The summed E-state index contributed by atoms with van der Waals surface area (Å²) in [5, 5.41) is 0. The van der Waals surface area contributed by atoms with Gasteiger partial charge in [0.15, 0.2) is 0 Å². The van der Waals surface area contributed by atoms with Gasteiger partial charge in [-0.1, -0.05) is 12.1 Å². The Hall–Kier alpha value is -2.80. The minimum absolute atomic E-state index is 0.00505. The van der Waals surface area contributed by atoms with Gasteiger partial charge in [0.1, 0.15) is 6.54 Å². The fourth-order valence-corrected chi connectivity index (χ4v) is 4.22. The van der Waals surface area contributed by atoms with E-state index in [0.717, 1.165) is 30.6 Å². The highest BCUT2D eigenvalue weighted by Crippen LogP contribution is 2.28. The quantitative estimate of drug-likeness (QED) is 0.798. The Labute approximate surface area is 165 Å². The van der Waals surface area contributed by atoms with Gasteiger partial charge in [0, 0.05) is 64.1 Å². The Morgan fingerprint density at radius 1 is 1.04 bits per heavy atom. The molecule has 2 aliphatic heterocycles. The largest absolute Gasteiger partial charge is 0.340 e. The molecule has 2 amide bonds. The van der Waals surface area contributed by atoms with Crippen molar-refractivity contribution in [2.24, 2.45) is 5.92 Å². The lowest BCUT2D eigenvalue weighted by atomic mass is 9.90. The van der Waals surface area contributed by atoms with E-state index in [1.54, 1.807) is 28.4 Å². The third-order valence-electron chi connectivity index (χ3n) is 5.73. The molecule has 0 spiro atoms. The van der Waals surface area contributed by atoms with Crippen LogP contribution < -0.4 is 0 Å². The molecule has 2 fully saturated rings. The highest BCUT2D eigenvalue weighted by Gasteiger charge is 2.43. The van der Waals surface area contributed by atoms with Gasteiger partial charge < -0.3 is 9.80 Å². The third kappa shape index (κ3) is 3.89. The summed E-state index contributed by atoms with van der Waals surface area (Å²) in [6, 6.07) is 7.74. The molecule has 0 bridgehead atoms. The molecule has 146 valence electrons. The first kappa shape index (κ1) is 18.6. The van der Waals surface area contributed by atoms with Crippen molar-refractivity contribution in [2.45, 2.75) is 25.6 Å². The fourth-order valence-electron chi connectivity index (χ4n) is 4.22. The second kappa shape index (κ2) is 8.06. The van der Waals surface area contributed by atoms with Crippen LogP contribution in [0.5, 0.6) is 0 Å². The lowest BCUT2D eigenvalue weighted by Gasteiger charge is -2.40. The standard InChI is InChI=1S/C21H25N5O2/c1-24-19-6-9-25(12-16-4-2-7-22-10-16)14-18(19)21(28)26(15-20(24)27)13-17-5-3-8-23-11-17/h2-5,7-8,10-11,18-19H,6,9,12-15H2,1H3/t18-,19+/m0/s1. The fraction of sp³-hybridized carbons (Fsp3) is 0.429. The Bertz CT molecular complexity index is 829. The first-order valence-corrected chi connectivity index (χ1v) is 9.66. The van der Waals surface area contributed by atoms with Crippen molar-refractivity contribution < 1.29 is 9.59 Å². The van der Waals surface area contributed by atoms with E-state index < -0.39 is 0 Å². The van der Waals surface area contributed by atoms with Crippen molar-refractivity contribution in [3.63, 3.8) is 0 Å². The molecule has 2 aromatic rings. The van der Waals surface area contributed by atoms with Crippen LogP contribution in [0.3, 0.4) is 0 Å². The second-order valence-corrected chi connectivity index (χ2v) is 7.62. The van der Waals surface area contributed by atoms with Crippen LogP contribution in [0.15, 0.2) is 49.1 Å². The van der Waals surface area contributed by atoms with E-state index in [1.807, 2.05) is 31.4 Å². The zero-order valence-electron chi connectivity index (χ0n) is 16.1. The van der Waals surface area contributed by atoms with E-state index in [4.69, 9.17) is 0 Å². The Morgan fingerprint density at radius 2 is 1.71 bits per heavy atom. The van der Waals surface area contributed by atoms with Gasteiger partial charge in [-0.15, -0.1) is 0 Å². The highest BCUT2D eigenvalue weighted by molar-refractivity contribution is 5.89. The molecule has 0 unspecified atom stereocenters. The molecule has 7 nitrogen and oxygen atoms in total. The molecule has 4 rings (SSSR count). The second-order valence-electron chi connectivity index (χ2n) is 7.62. The van der Waals surface area contributed by atoms with Crippen LogP contribution in [0.1, 0.15) is 17.5 Å². The minimum Gasteiger partial charge on any atom is -0.340 e. The lowest BCUT2D eigenvalue weighted by Crippen LogP contribution is -2.53. The van der Waals surface area contributed by atoms with Gasteiger partial charge in [0.2, 0.25) is 11.8 Å². The number of aromatic nitrogens is 2. The van der Waals surface area contributed by atoms with Crippen LogP contribution in [-0.4, -0.2) is 69.2 Å². The SMILES string of the molecule is CN1C(=O)CN(Cc2cccnc2)C(=O)[C@H]2CN(Cc3cccnc3)CC[C@H]21. The van der Waals surface area contributed by atoms with Gasteiger partial charge in [-0.25, -0.2) is 0 Å². The Kier molecular flexibility index (Phi) is 5.34. The first-order chi connectivity index (χ1) is 13.6. The van der Waals surface area contributed by atoms with E-state index >= 15 is 0 Å². The summed E-state index contributed by atoms with van der Waals surface area (Å²) in [6.07, 6.45) is 7.89. The maximum absolute atomic E-state index is 13.4. The van der Waals surface area contributed by atoms with Crippen LogP contribution >= 0.6 is 0 Å². The summed E-state index contributed by atoms with van der Waals surface area (Å²) in [6.45, 7) is 2.83. The molecule has 7 heteroatoms. The minimum atomic E-state index is -0.210. The molecular weight excluding hydrogens is 354 g/mol. The number of nitrogens with zero attached hydrogens (tertiary/aromatic N) is 5. The number of fused-ring (bicyclic) bond motifs is 1. The lowest BCUT2D eigenvalue weighted by molar-refractivity contribution is -0.138. The maximum Gasteiger partial charge on any atom is 0.242 e. The number of rotatable bonds is 4. The van der Waals surface area contributed by atoms with Gasteiger partial charge >= 0.3 is 0 Å². The molecule has 28 heavy (non-hydrogen) atoms. The smallest absolute Gasteiger partial charge is 0.242 e. The normalized spacial score (nSPS) is 23.5. The Morgan fingerprint density at radius 3 is 2.36 bits per heavy atom. The number of hydrogen-bond donors (Lipinski definition) is 0. The monoisotopic (exact) mass is 379 g/mol. The van der Waals surface area contributed by atoms with E-state index in [1.165, 1.54) is 0 Å². The number of likely N-dealkylation sites (N-methyl/N-ethyl adjacent to an activating group) is 1. The molecule has 2 atom stereocenters. The molecule has 2 aliphatic rings. The number of likely N-dealkylation sites (tertiary alicyclic amines) is 1. The van der Waals surface area contributed by atoms with Crippen LogP contribution in [0.25, 0.3) is 0 Å². The van der Waals surface area contributed by atoms with Gasteiger partial charge in [0.25, 0.3) is 0 Å². The van der Waals surface area contributed by atoms with Crippen LogP contribution in [0, 0.1) is 5.92 Å². The van der Waals surface area contributed by atoms with Crippen molar-refractivity contribution in [1.82, 2.24) is 24.7 Å². The molecule has 0 saturated carbocycles. The van der Waals surface area contributed by atoms with E-state index in [9.17, 15) is 9.59 Å². The number of carbonyl (C=O) groups is 2. The zero-order valence-corrected chi connectivity index (χ0v) is 16.1. The summed E-state index contributed by atoms with van der Waals surface area (Å²) < 4.78 is 0. The van der Waals surface area contributed by atoms with Gasteiger partial charge in [0.05, 0.1) is 5.92 Å². The summed E-state index contributed by atoms with van der Waals surface area (Å²) in [7, 11) is 1.83. The summed E-state index contributed by atoms with van der Waals surface area (Å²) in [5.41, 5.74) is 2.08. The van der Waals surface area contributed by atoms with Crippen LogP contribution in [0.2, 0.25) is 0 Å². The first-order valence-electron chi connectivity index (χ1n) is 9.66. The van der Waals surface area contributed by atoms with Gasteiger partial charge in [-0.3, -0.25) is 24.5 Å². The molecule has 2 saturated heterocycles. The van der Waals surface area contributed by atoms with E-state index in [-0.39, 0.29) is 30.3 Å². The number of carbonyl (C=O) groups excluding carboxylic acids is 2. The van der Waals surface area contributed by atoms with Gasteiger partial charge in [-0.05, 0) is 29.7 Å². The molecule has 0 aromatic carbocycles. The average molecular weight is 379 g/mol. The van der Waals surface area contributed by atoms with Crippen LogP contribution in [0.4, 0.5) is 0 Å². The highest BCUT2D eigenvalue weighted by atomic mass is 16.2. The van der Waals surface area contributed by atoms with Crippen LogP contribution in [-0.2, 0) is 22.7 Å². The maximum atomic E-state index is 13.4. The molecule has 0 radical (unpaired) electrons. The predicted octanol–water partition coefficient (Wildman–Crippen LogP) is 1.17. The number of amides is 2. The van der Waals surface area contributed by atoms with Crippen molar-refractivity contribution in [3.05, 3.63) is 60.2 Å². The topological polar surface area (TPSA) is 69.6 Å². The number of piperidine rings is 1. The van der Waals surface area contributed by atoms with Crippen molar-refractivity contribution >= 4 is 11.8 Å². The van der Waals surface area contributed by atoms with Crippen molar-refractivity contribution in [3.8, 4) is 0 Å². The van der Waals surface area contributed by atoms with E-state index in [2.05, 4.69) is 20.9 Å². The molecular formula is C21H25N5O2. The van der Waals surface area contributed by atoms with Crippen molar-refractivity contribution in [2.75, 3.05) is 26.7 Å². The van der Waals surface area contributed by atoms with Gasteiger partial charge in [-0.2, -0.15) is 0 Å². The van der Waals surface area contributed by atoms with Crippen molar-refractivity contribution in [1.29, 1.82) is 0 Å². The summed E-state index contributed by atoms with van der Waals surface area (Å²) >= 11 is 0. The average Bonchev–Trinajstić information content (AvgIpc) is 2.81. The zero-order chi connectivity index (χ0) is 19.5. The number of hydrogen-bond acceptors (Lipinski definition) is 5. The molecule has 0 aliphatic carbocycles. The summed E-state index contributed by atoms with van der Waals surface area (Å²) in [5.74, 6) is -0.147. The third-order valence-corrected chi connectivity index (χ3v) is 5.73. The summed E-state index contributed by atoms with van der Waals surface area (Å²) in [4.78, 5) is 40.1. The van der Waals surface area contributed by atoms with E-state index in [0.29, 0.717) is 13.1 Å². The number of pyridine rings is 2. The molecule has 0 N–H and O–H groups in total. The molecule has 2 aromatic heterocycles.